The van der Waals surface area contributed by atoms with Crippen LogP contribution >= 0.6 is 0 Å². The lowest BCUT2D eigenvalue weighted by molar-refractivity contribution is -0.150. The van der Waals surface area contributed by atoms with Gasteiger partial charge < -0.3 is 10.1 Å². The van der Waals surface area contributed by atoms with Gasteiger partial charge in [-0.3, -0.25) is 4.79 Å². The molecule has 5 nitrogen and oxygen atoms in total. The smallest absolute Gasteiger partial charge is 0.327 e. The first-order valence-corrected chi connectivity index (χ1v) is 7.92. The SMILES string of the molecule is CCOC(=O)C1(NCC2CC2)CCS(=O)(=O)C1. The van der Waals surface area contributed by atoms with E-state index in [-0.39, 0.29) is 18.1 Å². The summed E-state index contributed by atoms with van der Waals surface area (Å²) in [4.78, 5) is 11.9. The summed E-state index contributed by atoms with van der Waals surface area (Å²) in [5, 5.41) is 3.14. The highest BCUT2D eigenvalue weighted by molar-refractivity contribution is 7.91. The fraction of sp³-hybridized carbons (Fsp3) is 0.909. The van der Waals surface area contributed by atoms with Crippen LogP contribution in [0.4, 0.5) is 0 Å². The number of ether oxygens (including phenoxy) is 1. The molecule has 0 spiro atoms. The van der Waals surface area contributed by atoms with Crippen molar-refractivity contribution in [3.05, 3.63) is 0 Å². The molecule has 2 aliphatic rings. The Morgan fingerprint density at radius 3 is 2.65 bits per heavy atom. The fourth-order valence-corrected chi connectivity index (χ4v) is 4.07. The normalized spacial score (nSPS) is 31.4. The Hall–Kier alpha value is -0.620. The first kappa shape index (κ1) is 12.8. The molecule has 2 fully saturated rings. The molecule has 0 aromatic rings. The zero-order valence-electron chi connectivity index (χ0n) is 10.1. The van der Waals surface area contributed by atoms with Crippen LogP contribution in [-0.4, -0.2) is 44.6 Å². The summed E-state index contributed by atoms with van der Waals surface area (Å²) < 4.78 is 28.1. The van der Waals surface area contributed by atoms with Crippen LogP contribution in [-0.2, 0) is 19.4 Å². The van der Waals surface area contributed by atoms with Crippen LogP contribution in [0.3, 0.4) is 0 Å². The van der Waals surface area contributed by atoms with Crippen LogP contribution in [0.2, 0.25) is 0 Å². The lowest BCUT2D eigenvalue weighted by Gasteiger charge is -2.26. The predicted molar refractivity (Wildman–Crippen MR) is 63.4 cm³/mol. The van der Waals surface area contributed by atoms with Gasteiger partial charge in [0, 0.05) is 0 Å². The van der Waals surface area contributed by atoms with Gasteiger partial charge in [-0.05, 0) is 38.6 Å². The second-order valence-electron chi connectivity index (χ2n) is 4.97. The number of rotatable bonds is 5. The molecule has 1 aliphatic carbocycles. The Bertz CT molecular complexity index is 402. The molecular formula is C11H19NO4S. The second-order valence-corrected chi connectivity index (χ2v) is 7.15. The molecule has 1 saturated carbocycles. The minimum atomic E-state index is -3.11. The summed E-state index contributed by atoms with van der Waals surface area (Å²) in [5.41, 5.74) is -0.989. The minimum Gasteiger partial charge on any atom is -0.465 e. The number of esters is 1. The maximum absolute atomic E-state index is 11.9. The molecule has 1 heterocycles. The van der Waals surface area contributed by atoms with Gasteiger partial charge in [0.15, 0.2) is 9.84 Å². The standard InChI is InChI=1S/C11H19NO4S/c1-2-16-10(13)11(12-7-9-3-4-9)5-6-17(14,15)8-11/h9,12H,2-8H2,1H3. The van der Waals surface area contributed by atoms with Crippen LogP contribution in [0, 0.1) is 5.92 Å². The Labute approximate surface area is 102 Å². The van der Waals surface area contributed by atoms with E-state index in [4.69, 9.17) is 4.74 Å². The number of sulfone groups is 1. The molecule has 0 aromatic heterocycles. The van der Waals surface area contributed by atoms with E-state index in [9.17, 15) is 13.2 Å². The molecular weight excluding hydrogens is 242 g/mol. The summed E-state index contributed by atoms with van der Waals surface area (Å²) in [5.74, 6) is 0.140. The molecule has 17 heavy (non-hydrogen) atoms. The Morgan fingerprint density at radius 1 is 1.47 bits per heavy atom. The third kappa shape index (κ3) is 2.98. The molecule has 0 bridgehead atoms. The third-order valence-electron chi connectivity index (χ3n) is 3.40. The van der Waals surface area contributed by atoms with Crippen molar-refractivity contribution in [2.24, 2.45) is 5.92 Å². The summed E-state index contributed by atoms with van der Waals surface area (Å²) in [7, 11) is -3.11. The van der Waals surface area contributed by atoms with Gasteiger partial charge >= 0.3 is 5.97 Å². The number of carbonyl (C=O) groups is 1. The molecule has 1 N–H and O–H groups in total. The quantitative estimate of drug-likeness (QED) is 0.711. The third-order valence-corrected chi connectivity index (χ3v) is 5.16. The largest absolute Gasteiger partial charge is 0.465 e. The van der Waals surface area contributed by atoms with Crippen LogP contribution in [0.1, 0.15) is 26.2 Å². The van der Waals surface area contributed by atoms with E-state index in [0.717, 1.165) is 0 Å². The van der Waals surface area contributed by atoms with E-state index in [1.54, 1.807) is 6.92 Å². The second kappa shape index (κ2) is 4.57. The van der Waals surface area contributed by atoms with E-state index in [0.29, 0.717) is 18.9 Å². The van der Waals surface area contributed by atoms with Crippen molar-refractivity contribution in [3.63, 3.8) is 0 Å². The molecule has 0 aromatic carbocycles. The van der Waals surface area contributed by atoms with Gasteiger partial charge in [0.25, 0.3) is 0 Å². The van der Waals surface area contributed by atoms with Gasteiger partial charge in [-0.1, -0.05) is 0 Å². The van der Waals surface area contributed by atoms with Crippen LogP contribution in [0.15, 0.2) is 0 Å². The molecule has 0 amide bonds. The minimum absolute atomic E-state index is 0.0729. The van der Waals surface area contributed by atoms with E-state index in [2.05, 4.69) is 5.32 Å². The average Bonchev–Trinajstić information content (AvgIpc) is 3.02. The first-order chi connectivity index (χ1) is 7.97. The Kier molecular flexibility index (Phi) is 3.45. The summed E-state index contributed by atoms with van der Waals surface area (Å²) in [6, 6.07) is 0. The summed E-state index contributed by atoms with van der Waals surface area (Å²) in [6.45, 7) is 2.73. The van der Waals surface area contributed by atoms with Gasteiger partial charge in [0.05, 0.1) is 18.1 Å². The van der Waals surface area contributed by atoms with Gasteiger partial charge in [-0.25, -0.2) is 8.42 Å². The van der Waals surface area contributed by atoms with E-state index < -0.39 is 21.3 Å². The Morgan fingerprint density at radius 2 is 2.18 bits per heavy atom. The van der Waals surface area contributed by atoms with Crippen molar-refractivity contribution in [2.45, 2.75) is 31.7 Å². The fourth-order valence-electron chi connectivity index (χ4n) is 2.15. The van der Waals surface area contributed by atoms with Gasteiger partial charge in [0.2, 0.25) is 0 Å². The van der Waals surface area contributed by atoms with Crippen LogP contribution < -0.4 is 5.32 Å². The van der Waals surface area contributed by atoms with E-state index >= 15 is 0 Å². The lowest BCUT2D eigenvalue weighted by atomic mass is 9.99. The van der Waals surface area contributed by atoms with Gasteiger partial charge in [-0.15, -0.1) is 0 Å². The molecule has 2 rings (SSSR count). The highest BCUT2D eigenvalue weighted by Crippen LogP contribution is 2.31. The molecule has 0 radical (unpaired) electrons. The number of hydrogen-bond acceptors (Lipinski definition) is 5. The number of nitrogens with one attached hydrogen (secondary N) is 1. The van der Waals surface area contributed by atoms with Gasteiger partial charge in [-0.2, -0.15) is 0 Å². The number of hydrogen-bond donors (Lipinski definition) is 1. The number of carbonyl (C=O) groups excluding carboxylic acids is 1. The van der Waals surface area contributed by atoms with Crippen LogP contribution in [0.25, 0.3) is 0 Å². The summed E-state index contributed by atoms with van der Waals surface area (Å²) >= 11 is 0. The topological polar surface area (TPSA) is 72.5 Å². The van der Waals surface area contributed by atoms with Crippen molar-refractivity contribution in [1.82, 2.24) is 5.32 Å². The zero-order valence-corrected chi connectivity index (χ0v) is 10.9. The lowest BCUT2D eigenvalue weighted by Crippen LogP contribution is -2.54. The maximum Gasteiger partial charge on any atom is 0.327 e. The maximum atomic E-state index is 11.9. The van der Waals surface area contributed by atoms with Crippen molar-refractivity contribution in [1.29, 1.82) is 0 Å². The molecule has 6 heteroatoms. The highest BCUT2D eigenvalue weighted by Gasteiger charge is 2.49. The van der Waals surface area contributed by atoms with E-state index in [1.807, 2.05) is 0 Å². The molecule has 1 aliphatic heterocycles. The van der Waals surface area contributed by atoms with Crippen molar-refractivity contribution in [2.75, 3.05) is 24.7 Å². The predicted octanol–water partition coefficient (Wildman–Crippen LogP) is 0.106. The Balaban J connectivity index is 2.07. The van der Waals surface area contributed by atoms with Crippen LogP contribution in [0.5, 0.6) is 0 Å². The van der Waals surface area contributed by atoms with Gasteiger partial charge in [0.1, 0.15) is 5.54 Å². The van der Waals surface area contributed by atoms with Crippen molar-refractivity contribution >= 4 is 15.8 Å². The first-order valence-electron chi connectivity index (χ1n) is 6.10. The van der Waals surface area contributed by atoms with Crippen molar-refractivity contribution in [3.8, 4) is 0 Å². The summed E-state index contributed by atoms with van der Waals surface area (Å²) in [6.07, 6.45) is 2.66. The highest BCUT2D eigenvalue weighted by atomic mass is 32.2. The van der Waals surface area contributed by atoms with E-state index in [1.165, 1.54) is 12.8 Å². The average molecular weight is 261 g/mol. The zero-order chi connectivity index (χ0) is 12.5. The molecule has 1 unspecified atom stereocenters. The molecule has 1 atom stereocenters. The molecule has 98 valence electrons. The molecule has 1 saturated heterocycles. The van der Waals surface area contributed by atoms with Crippen molar-refractivity contribution < 1.29 is 17.9 Å². The monoisotopic (exact) mass is 261 g/mol.